The molecule has 2 aromatic carbocycles. The van der Waals surface area contributed by atoms with Gasteiger partial charge in [0.1, 0.15) is 23.5 Å². The van der Waals surface area contributed by atoms with Crippen molar-refractivity contribution in [1.29, 1.82) is 5.26 Å². The van der Waals surface area contributed by atoms with Crippen molar-refractivity contribution in [3.05, 3.63) is 88.8 Å². The number of likely N-dealkylation sites (tertiary alicyclic amines) is 1. The van der Waals surface area contributed by atoms with Gasteiger partial charge >= 0.3 is 6.09 Å². The van der Waals surface area contributed by atoms with E-state index in [0.717, 1.165) is 24.2 Å². The summed E-state index contributed by atoms with van der Waals surface area (Å²) in [6, 6.07) is 18.5. The number of carbonyl (C=O) groups is 2. The third-order valence-corrected chi connectivity index (χ3v) is 8.72. The van der Waals surface area contributed by atoms with E-state index in [1.807, 2.05) is 35.2 Å². The minimum atomic E-state index is -0.481. The topological polar surface area (TPSA) is 89.8 Å². The lowest BCUT2D eigenvalue weighted by Gasteiger charge is -2.34. The highest BCUT2D eigenvalue weighted by Gasteiger charge is 2.48. The predicted molar refractivity (Wildman–Crippen MR) is 156 cm³/mol. The van der Waals surface area contributed by atoms with Gasteiger partial charge in [0.05, 0.1) is 11.6 Å². The number of hydrogen-bond acceptors (Lipinski definition) is 6. The summed E-state index contributed by atoms with van der Waals surface area (Å²) in [5.74, 6) is 0.570. The fourth-order valence-electron chi connectivity index (χ4n) is 6.10. The number of piperidine rings is 1. The van der Waals surface area contributed by atoms with Crippen molar-refractivity contribution >= 4 is 29.4 Å². The highest BCUT2D eigenvalue weighted by molar-refractivity contribution is 6.30. The van der Waals surface area contributed by atoms with Gasteiger partial charge in [-0.3, -0.25) is 9.69 Å². The van der Waals surface area contributed by atoms with Gasteiger partial charge < -0.3 is 14.5 Å². The summed E-state index contributed by atoms with van der Waals surface area (Å²) in [6.45, 7) is 2.31. The standard InChI is InChI=1S/C32H31ClFN5O3/c33-24-4-2-22(3-5-24)28-19-38(31(40)23-13-15-37(16-14-23)30-12-1-21(17-35)18-36-30)20-29(28)39(26-8-9-26)32(41)42-27-10-6-25(34)7-11-27/h1-7,10-12,18,23,26,28-29H,8-9,13-16,19-20H2/t28?,29-/m1/s1. The molecule has 6 rings (SSSR count). The van der Waals surface area contributed by atoms with Gasteiger partial charge in [-0.2, -0.15) is 5.26 Å². The van der Waals surface area contributed by atoms with Crippen molar-refractivity contribution in [3.8, 4) is 11.8 Å². The molecule has 2 atom stereocenters. The quantitative estimate of drug-likeness (QED) is 0.372. The van der Waals surface area contributed by atoms with E-state index in [1.54, 1.807) is 17.2 Å². The lowest BCUT2D eigenvalue weighted by Crippen LogP contribution is -2.48. The van der Waals surface area contributed by atoms with Crippen molar-refractivity contribution in [3.63, 3.8) is 0 Å². The molecule has 3 fully saturated rings. The number of ether oxygens (including phenoxy) is 1. The Morgan fingerprint density at radius 2 is 1.69 bits per heavy atom. The van der Waals surface area contributed by atoms with Crippen LogP contribution in [0.2, 0.25) is 5.02 Å². The third-order valence-electron chi connectivity index (χ3n) is 8.47. The fourth-order valence-corrected chi connectivity index (χ4v) is 6.23. The molecule has 3 heterocycles. The number of aromatic nitrogens is 1. The Kier molecular flexibility index (Phi) is 7.98. The summed E-state index contributed by atoms with van der Waals surface area (Å²) in [7, 11) is 0. The van der Waals surface area contributed by atoms with Crippen molar-refractivity contribution in [2.45, 2.75) is 43.7 Å². The smallest absolute Gasteiger partial charge is 0.410 e. The second-order valence-electron chi connectivity index (χ2n) is 11.2. The molecular formula is C32H31ClFN5O3. The number of benzene rings is 2. The minimum Gasteiger partial charge on any atom is -0.410 e. The molecule has 1 aliphatic carbocycles. The molecule has 216 valence electrons. The number of pyridine rings is 1. The second-order valence-corrected chi connectivity index (χ2v) is 11.6. The molecule has 2 amide bonds. The summed E-state index contributed by atoms with van der Waals surface area (Å²) in [6.07, 6.45) is 4.24. The first-order valence-corrected chi connectivity index (χ1v) is 14.7. The van der Waals surface area contributed by atoms with Crippen molar-refractivity contribution in [2.24, 2.45) is 5.92 Å². The largest absolute Gasteiger partial charge is 0.415 e. The Hall–Kier alpha value is -4.16. The lowest BCUT2D eigenvalue weighted by molar-refractivity contribution is -0.135. The van der Waals surface area contributed by atoms with Gasteiger partial charge in [-0.05, 0) is 79.8 Å². The van der Waals surface area contributed by atoms with Gasteiger partial charge in [-0.15, -0.1) is 0 Å². The van der Waals surface area contributed by atoms with Crippen LogP contribution in [0.5, 0.6) is 5.75 Å². The molecule has 2 aliphatic heterocycles. The Morgan fingerprint density at radius 3 is 2.31 bits per heavy atom. The molecule has 1 aromatic heterocycles. The summed E-state index contributed by atoms with van der Waals surface area (Å²) < 4.78 is 19.1. The number of hydrogen-bond donors (Lipinski definition) is 0. The highest BCUT2D eigenvalue weighted by atomic mass is 35.5. The monoisotopic (exact) mass is 587 g/mol. The minimum absolute atomic E-state index is 0.0379. The summed E-state index contributed by atoms with van der Waals surface area (Å²) >= 11 is 6.18. The number of anilines is 1. The van der Waals surface area contributed by atoms with E-state index >= 15 is 0 Å². The number of carbonyl (C=O) groups excluding carboxylic acids is 2. The Balaban J connectivity index is 1.18. The molecule has 0 N–H and O–H groups in total. The summed E-state index contributed by atoms with van der Waals surface area (Å²) in [4.78, 5) is 37.7. The molecule has 0 spiro atoms. The van der Waals surface area contributed by atoms with Crippen LogP contribution in [0, 0.1) is 23.1 Å². The first-order chi connectivity index (χ1) is 20.4. The van der Waals surface area contributed by atoms with Gasteiger partial charge in [-0.1, -0.05) is 23.7 Å². The van der Waals surface area contributed by atoms with Crippen LogP contribution in [-0.4, -0.2) is 65.0 Å². The van der Waals surface area contributed by atoms with Gasteiger partial charge in [-0.25, -0.2) is 14.2 Å². The van der Waals surface area contributed by atoms with E-state index in [4.69, 9.17) is 21.6 Å². The lowest BCUT2D eigenvalue weighted by atomic mass is 9.93. The number of amides is 2. The highest BCUT2D eigenvalue weighted by Crippen LogP contribution is 2.39. The molecule has 0 bridgehead atoms. The van der Waals surface area contributed by atoms with E-state index < -0.39 is 11.9 Å². The van der Waals surface area contributed by atoms with Gasteiger partial charge in [0, 0.05) is 55.3 Å². The van der Waals surface area contributed by atoms with Crippen LogP contribution in [0.25, 0.3) is 0 Å². The van der Waals surface area contributed by atoms with Gasteiger partial charge in [0.15, 0.2) is 0 Å². The average Bonchev–Trinajstić information content (AvgIpc) is 3.76. The SMILES string of the molecule is N#Cc1ccc(N2CCC(C(=O)N3CC(c4ccc(Cl)cc4)[C@H](N(C(=O)Oc4ccc(F)cc4)C4CC4)C3)CC2)nc1. The van der Waals surface area contributed by atoms with Crippen LogP contribution in [0.15, 0.2) is 66.9 Å². The van der Waals surface area contributed by atoms with Gasteiger partial charge in [0.2, 0.25) is 5.91 Å². The fraction of sp³-hybridized carbons (Fsp3) is 0.375. The first kappa shape index (κ1) is 28.0. The molecule has 10 heteroatoms. The second kappa shape index (κ2) is 12.0. The van der Waals surface area contributed by atoms with Crippen molar-refractivity contribution < 1.29 is 18.7 Å². The van der Waals surface area contributed by atoms with E-state index in [1.165, 1.54) is 24.3 Å². The molecule has 2 saturated heterocycles. The van der Waals surface area contributed by atoms with Crippen LogP contribution in [0.3, 0.4) is 0 Å². The van der Waals surface area contributed by atoms with Crippen molar-refractivity contribution in [2.75, 3.05) is 31.1 Å². The predicted octanol–water partition coefficient (Wildman–Crippen LogP) is 5.62. The number of halogens is 2. The maximum absolute atomic E-state index is 13.9. The van der Waals surface area contributed by atoms with Gasteiger partial charge in [0.25, 0.3) is 0 Å². The normalized spacial score (nSPS) is 20.7. The van der Waals surface area contributed by atoms with Crippen LogP contribution in [0.1, 0.15) is 42.7 Å². The maximum atomic E-state index is 13.9. The molecule has 3 aromatic rings. The number of rotatable bonds is 6. The van der Waals surface area contributed by atoms with Crippen molar-refractivity contribution in [1.82, 2.24) is 14.8 Å². The molecule has 42 heavy (non-hydrogen) atoms. The Labute approximate surface area is 249 Å². The third kappa shape index (κ3) is 6.04. The zero-order chi connectivity index (χ0) is 29.2. The molecular weight excluding hydrogens is 557 g/mol. The summed E-state index contributed by atoms with van der Waals surface area (Å²) in [5, 5.41) is 9.67. The van der Waals surface area contributed by atoms with Crippen LogP contribution < -0.4 is 9.64 Å². The first-order valence-electron chi connectivity index (χ1n) is 14.3. The van der Waals surface area contributed by atoms with E-state index in [2.05, 4.69) is 16.0 Å². The number of nitriles is 1. The van der Waals surface area contributed by atoms with Crippen LogP contribution in [0.4, 0.5) is 15.0 Å². The van der Waals surface area contributed by atoms with E-state index in [0.29, 0.717) is 49.6 Å². The summed E-state index contributed by atoms with van der Waals surface area (Å²) in [5.41, 5.74) is 1.53. The maximum Gasteiger partial charge on any atom is 0.415 e. The molecule has 3 aliphatic rings. The zero-order valence-electron chi connectivity index (χ0n) is 23.0. The number of nitrogens with zero attached hydrogens (tertiary/aromatic N) is 5. The van der Waals surface area contributed by atoms with Crippen LogP contribution in [-0.2, 0) is 4.79 Å². The molecule has 1 saturated carbocycles. The van der Waals surface area contributed by atoms with E-state index in [9.17, 15) is 14.0 Å². The van der Waals surface area contributed by atoms with Crippen LogP contribution >= 0.6 is 11.6 Å². The average molecular weight is 588 g/mol. The zero-order valence-corrected chi connectivity index (χ0v) is 23.8. The molecule has 1 unspecified atom stereocenters. The molecule has 8 nitrogen and oxygen atoms in total. The Bertz CT molecular complexity index is 1470. The Morgan fingerprint density at radius 1 is 0.976 bits per heavy atom. The molecule has 0 radical (unpaired) electrons. The van der Waals surface area contributed by atoms with E-state index in [-0.39, 0.29) is 35.6 Å².